The van der Waals surface area contributed by atoms with Crippen LogP contribution in [0.25, 0.3) is 0 Å². The third-order valence-corrected chi connectivity index (χ3v) is 4.86. The van der Waals surface area contributed by atoms with Crippen LogP contribution in [0.3, 0.4) is 0 Å². The molecule has 2 saturated heterocycles. The van der Waals surface area contributed by atoms with Gasteiger partial charge in [0.15, 0.2) is 5.96 Å². The summed E-state index contributed by atoms with van der Waals surface area (Å²) in [5.41, 5.74) is 0.0521. The zero-order valence-electron chi connectivity index (χ0n) is 13.8. The van der Waals surface area contributed by atoms with E-state index in [9.17, 15) is 5.11 Å². The summed E-state index contributed by atoms with van der Waals surface area (Å²) in [4.78, 5) is 6.70. The predicted molar refractivity (Wildman–Crippen MR) is 100 cm³/mol. The van der Waals surface area contributed by atoms with E-state index < -0.39 is 0 Å². The lowest BCUT2D eigenvalue weighted by Crippen LogP contribution is -2.47. The van der Waals surface area contributed by atoms with Crippen LogP contribution < -0.4 is 10.6 Å². The third-order valence-electron chi connectivity index (χ3n) is 4.86. The highest BCUT2D eigenvalue weighted by molar-refractivity contribution is 14.0. The van der Waals surface area contributed by atoms with Crippen LogP contribution >= 0.6 is 24.0 Å². The van der Waals surface area contributed by atoms with Gasteiger partial charge in [-0.2, -0.15) is 0 Å². The van der Waals surface area contributed by atoms with Gasteiger partial charge in [-0.05, 0) is 39.3 Å². The van der Waals surface area contributed by atoms with Crippen molar-refractivity contribution in [3.05, 3.63) is 0 Å². The van der Waals surface area contributed by atoms with Gasteiger partial charge in [0.1, 0.15) is 0 Å². The lowest BCUT2D eigenvalue weighted by Gasteiger charge is -2.28. The molecule has 130 valence electrons. The predicted octanol–water partition coefficient (Wildman–Crippen LogP) is 0.653. The molecule has 22 heavy (non-hydrogen) atoms. The second-order valence-electron chi connectivity index (χ2n) is 6.36. The van der Waals surface area contributed by atoms with Crippen LogP contribution in [0.4, 0.5) is 0 Å². The van der Waals surface area contributed by atoms with Crippen molar-refractivity contribution in [2.24, 2.45) is 10.4 Å². The highest BCUT2D eigenvalue weighted by Crippen LogP contribution is 2.31. The molecule has 0 aromatic heterocycles. The average molecular weight is 426 g/mol. The number of hydrogen-bond donors (Lipinski definition) is 3. The standard InChI is InChI=1S/C15H30N4O2.HI/c1-16-14(17-10-13-4-3-7-19(13)2)18-11-15(5-8-20)6-9-21-12-15;/h13,20H,3-12H2,1-2H3,(H2,16,17,18);1H. The van der Waals surface area contributed by atoms with Gasteiger partial charge in [0.25, 0.3) is 0 Å². The monoisotopic (exact) mass is 426 g/mol. The zero-order valence-corrected chi connectivity index (χ0v) is 16.1. The number of nitrogens with zero attached hydrogens (tertiary/aromatic N) is 2. The Balaban J connectivity index is 0.00000242. The minimum atomic E-state index is 0. The van der Waals surface area contributed by atoms with Gasteiger partial charge in [0.05, 0.1) is 6.61 Å². The molecule has 2 rings (SSSR count). The molecule has 0 aromatic carbocycles. The first-order valence-corrected chi connectivity index (χ1v) is 8.02. The largest absolute Gasteiger partial charge is 0.396 e. The van der Waals surface area contributed by atoms with Crippen LogP contribution in [0.5, 0.6) is 0 Å². The summed E-state index contributed by atoms with van der Waals surface area (Å²) in [6, 6.07) is 0.602. The molecule has 2 unspecified atom stereocenters. The molecule has 2 fully saturated rings. The molecule has 0 radical (unpaired) electrons. The van der Waals surface area contributed by atoms with E-state index in [0.717, 1.165) is 45.1 Å². The van der Waals surface area contributed by atoms with Gasteiger partial charge in [0.2, 0.25) is 0 Å². The summed E-state index contributed by atoms with van der Waals surface area (Å²) in [6.07, 6.45) is 4.32. The number of ether oxygens (including phenoxy) is 1. The highest BCUT2D eigenvalue weighted by atomic mass is 127. The van der Waals surface area contributed by atoms with Crippen LogP contribution in [0.2, 0.25) is 0 Å². The van der Waals surface area contributed by atoms with Crippen molar-refractivity contribution < 1.29 is 9.84 Å². The Labute approximate surface area is 151 Å². The highest BCUT2D eigenvalue weighted by Gasteiger charge is 2.34. The molecule has 3 N–H and O–H groups in total. The number of aliphatic hydroxyl groups excluding tert-OH is 1. The number of guanidine groups is 1. The van der Waals surface area contributed by atoms with E-state index in [-0.39, 0.29) is 36.0 Å². The van der Waals surface area contributed by atoms with Gasteiger partial charge in [-0.15, -0.1) is 24.0 Å². The van der Waals surface area contributed by atoms with Gasteiger partial charge in [-0.3, -0.25) is 4.99 Å². The molecule has 6 nitrogen and oxygen atoms in total. The second kappa shape index (κ2) is 9.89. The molecule has 2 atom stereocenters. The van der Waals surface area contributed by atoms with Crippen molar-refractivity contribution in [3.63, 3.8) is 0 Å². The van der Waals surface area contributed by atoms with E-state index in [2.05, 4.69) is 27.6 Å². The minimum absolute atomic E-state index is 0. The number of aliphatic imine (C=N–C) groups is 1. The molecule has 0 spiro atoms. The zero-order chi connectivity index (χ0) is 15.1. The van der Waals surface area contributed by atoms with E-state index in [0.29, 0.717) is 6.04 Å². The van der Waals surface area contributed by atoms with Gasteiger partial charge >= 0.3 is 0 Å². The molecular weight excluding hydrogens is 395 g/mol. The second-order valence-corrected chi connectivity index (χ2v) is 6.36. The summed E-state index contributed by atoms with van der Waals surface area (Å²) in [6.45, 7) is 4.65. The summed E-state index contributed by atoms with van der Waals surface area (Å²) < 4.78 is 5.52. The Hall–Kier alpha value is -0.120. The van der Waals surface area contributed by atoms with E-state index >= 15 is 0 Å². The summed E-state index contributed by atoms with van der Waals surface area (Å²) in [5.74, 6) is 0.847. The van der Waals surface area contributed by atoms with E-state index in [4.69, 9.17) is 4.74 Å². The van der Waals surface area contributed by atoms with Gasteiger partial charge < -0.3 is 25.4 Å². The smallest absolute Gasteiger partial charge is 0.191 e. The number of hydrogen-bond acceptors (Lipinski definition) is 4. The molecule has 0 bridgehead atoms. The Kier molecular flexibility index (Phi) is 8.96. The fourth-order valence-electron chi connectivity index (χ4n) is 3.26. The molecule has 0 saturated carbocycles. The van der Waals surface area contributed by atoms with Gasteiger partial charge in [0, 0.05) is 44.8 Å². The van der Waals surface area contributed by atoms with E-state index in [1.54, 1.807) is 7.05 Å². The quantitative estimate of drug-likeness (QED) is 0.331. The summed E-state index contributed by atoms with van der Waals surface area (Å²) in [7, 11) is 3.99. The molecule has 2 aliphatic rings. The number of halogens is 1. The van der Waals surface area contributed by atoms with Crippen LogP contribution in [-0.2, 0) is 4.74 Å². The lowest BCUT2D eigenvalue weighted by atomic mass is 9.84. The molecule has 2 heterocycles. The first-order valence-electron chi connectivity index (χ1n) is 8.02. The maximum Gasteiger partial charge on any atom is 0.191 e. The first kappa shape index (κ1) is 19.9. The first-order chi connectivity index (χ1) is 10.2. The Morgan fingerprint density at radius 3 is 2.82 bits per heavy atom. The SMILES string of the molecule is CN=C(NCC1CCCN1C)NCC1(CCO)CCOC1.I. The number of likely N-dealkylation sites (tertiary alicyclic amines) is 1. The average Bonchev–Trinajstić information content (AvgIpc) is 3.10. The van der Waals surface area contributed by atoms with E-state index in [1.165, 1.54) is 19.4 Å². The van der Waals surface area contributed by atoms with Crippen LogP contribution in [-0.4, -0.2) is 75.6 Å². The summed E-state index contributed by atoms with van der Waals surface area (Å²) in [5, 5.41) is 16.1. The molecule has 7 heteroatoms. The maximum atomic E-state index is 9.26. The third kappa shape index (κ3) is 5.50. The van der Waals surface area contributed by atoms with E-state index in [1.807, 2.05) is 0 Å². The van der Waals surface area contributed by atoms with Gasteiger partial charge in [-0.1, -0.05) is 0 Å². The fraction of sp³-hybridized carbons (Fsp3) is 0.933. The van der Waals surface area contributed by atoms with Crippen molar-refractivity contribution in [3.8, 4) is 0 Å². The number of likely N-dealkylation sites (N-methyl/N-ethyl adjacent to an activating group) is 1. The molecule has 0 amide bonds. The van der Waals surface area contributed by atoms with Crippen LogP contribution in [0, 0.1) is 5.41 Å². The van der Waals surface area contributed by atoms with Crippen LogP contribution in [0.1, 0.15) is 25.7 Å². The van der Waals surface area contributed by atoms with Crippen molar-refractivity contribution in [2.45, 2.75) is 31.7 Å². The number of rotatable bonds is 6. The minimum Gasteiger partial charge on any atom is -0.396 e. The number of nitrogens with one attached hydrogen (secondary N) is 2. The molecule has 2 aliphatic heterocycles. The Morgan fingerprint density at radius 2 is 2.27 bits per heavy atom. The van der Waals surface area contributed by atoms with Crippen molar-refractivity contribution in [2.75, 3.05) is 53.6 Å². The molecular formula is C15H31IN4O2. The molecule has 0 aliphatic carbocycles. The van der Waals surface area contributed by atoms with Crippen molar-refractivity contribution >= 4 is 29.9 Å². The fourth-order valence-corrected chi connectivity index (χ4v) is 3.26. The van der Waals surface area contributed by atoms with Crippen LogP contribution in [0.15, 0.2) is 4.99 Å². The summed E-state index contributed by atoms with van der Waals surface area (Å²) >= 11 is 0. The maximum absolute atomic E-state index is 9.26. The topological polar surface area (TPSA) is 69.1 Å². The Bertz CT molecular complexity index is 348. The van der Waals surface area contributed by atoms with Gasteiger partial charge in [-0.25, -0.2) is 0 Å². The Morgan fingerprint density at radius 1 is 1.45 bits per heavy atom. The number of aliphatic hydroxyl groups is 1. The van der Waals surface area contributed by atoms with Crippen molar-refractivity contribution in [1.82, 2.24) is 15.5 Å². The van der Waals surface area contributed by atoms with Crippen molar-refractivity contribution in [1.29, 1.82) is 0 Å². The normalized spacial score (nSPS) is 29.4. The molecule has 0 aromatic rings. The lowest BCUT2D eigenvalue weighted by molar-refractivity contribution is 0.127.